The van der Waals surface area contributed by atoms with Gasteiger partial charge in [-0.15, -0.1) is 11.8 Å². The number of ether oxygens (including phenoxy) is 1. The highest BCUT2D eigenvalue weighted by molar-refractivity contribution is 7.98. The van der Waals surface area contributed by atoms with Gasteiger partial charge in [0.1, 0.15) is 12.4 Å². The zero-order valence-corrected chi connectivity index (χ0v) is 20.9. The molecule has 0 radical (unpaired) electrons. The standard InChI is InChI=1S/C26H28N4O4S/c1-4-34-26(33)29-13-12-21-22(15-29)28-24(18-10-8-17(2)9-11-18)30(25(21)32)16-23(31)27-19-6-5-7-20(14-19)35-3/h5-11,14H,4,12-13,15-16H2,1-3H3,(H,27,31). The molecule has 2 heterocycles. The molecule has 8 nitrogen and oxygen atoms in total. The number of aryl methyl sites for hydroxylation is 1. The van der Waals surface area contributed by atoms with Crippen LogP contribution in [0.25, 0.3) is 11.4 Å². The minimum Gasteiger partial charge on any atom is -0.450 e. The Morgan fingerprint density at radius 1 is 1.17 bits per heavy atom. The van der Waals surface area contributed by atoms with Gasteiger partial charge in [0.2, 0.25) is 5.91 Å². The molecule has 0 aliphatic carbocycles. The predicted molar refractivity (Wildman–Crippen MR) is 137 cm³/mol. The van der Waals surface area contributed by atoms with Gasteiger partial charge in [0.05, 0.1) is 18.8 Å². The third-order valence-corrected chi connectivity index (χ3v) is 6.54. The molecular weight excluding hydrogens is 464 g/mol. The Kier molecular flexibility index (Phi) is 7.55. The molecule has 1 aliphatic rings. The molecule has 0 spiro atoms. The molecule has 0 bridgehead atoms. The van der Waals surface area contributed by atoms with Crippen LogP contribution in [0.3, 0.4) is 0 Å². The van der Waals surface area contributed by atoms with Crippen LogP contribution in [0.5, 0.6) is 0 Å². The number of thioether (sulfide) groups is 1. The van der Waals surface area contributed by atoms with Crippen molar-refractivity contribution in [2.24, 2.45) is 0 Å². The van der Waals surface area contributed by atoms with E-state index < -0.39 is 6.09 Å². The number of carbonyl (C=O) groups is 2. The number of fused-ring (bicyclic) bond motifs is 1. The maximum Gasteiger partial charge on any atom is 0.410 e. The van der Waals surface area contributed by atoms with Crippen LogP contribution < -0.4 is 10.9 Å². The molecule has 0 atom stereocenters. The van der Waals surface area contributed by atoms with Crippen LogP contribution >= 0.6 is 11.8 Å². The molecule has 0 unspecified atom stereocenters. The molecule has 0 fully saturated rings. The molecule has 35 heavy (non-hydrogen) atoms. The summed E-state index contributed by atoms with van der Waals surface area (Å²) in [6.07, 6.45) is 1.90. The van der Waals surface area contributed by atoms with E-state index >= 15 is 0 Å². The summed E-state index contributed by atoms with van der Waals surface area (Å²) < 4.78 is 6.55. The van der Waals surface area contributed by atoms with Gasteiger partial charge < -0.3 is 15.0 Å². The molecule has 2 aromatic carbocycles. The minimum atomic E-state index is -0.423. The molecule has 3 aromatic rings. The van der Waals surface area contributed by atoms with Gasteiger partial charge in [-0.1, -0.05) is 35.9 Å². The van der Waals surface area contributed by atoms with Crippen LogP contribution in [0.1, 0.15) is 23.7 Å². The summed E-state index contributed by atoms with van der Waals surface area (Å²) in [4.78, 5) is 46.2. The number of nitrogens with zero attached hydrogens (tertiary/aromatic N) is 3. The summed E-state index contributed by atoms with van der Waals surface area (Å²) in [5.74, 6) is 0.0805. The Morgan fingerprint density at radius 3 is 2.66 bits per heavy atom. The molecule has 1 aliphatic heterocycles. The Morgan fingerprint density at radius 2 is 1.94 bits per heavy atom. The quantitative estimate of drug-likeness (QED) is 0.521. The van der Waals surface area contributed by atoms with E-state index in [0.29, 0.717) is 35.7 Å². The summed E-state index contributed by atoms with van der Waals surface area (Å²) in [6.45, 7) is 4.39. The van der Waals surface area contributed by atoms with Crippen molar-refractivity contribution in [2.45, 2.75) is 38.3 Å². The summed E-state index contributed by atoms with van der Waals surface area (Å²) in [7, 11) is 0. The van der Waals surface area contributed by atoms with Crippen molar-refractivity contribution in [1.82, 2.24) is 14.5 Å². The highest BCUT2D eigenvalue weighted by Crippen LogP contribution is 2.23. The fraction of sp³-hybridized carbons (Fsp3) is 0.308. The molecule has 0 saturated carbocycles. The second kappa shape index (κ2) is 10.8. The van der Waals surface area contributed by atoms with Crippen molar-refractivity contribution >= 4 is 29.4 Å². The smallest absolute Gasteiger partial charge is 0.410 e. The Hall–Kier alpha value is -3.59. The van der Waals surface area contributed by atoms with Crippen molar-refractivity contribution in [3.63, 3.8) is 0 Å². The maximum absolute atomic E-state index is 13.6. The molecular formula is C26H28N4O4S. The van der Waals surface area contributed by atoms with Gasteiger partial charge in [0.15, 0.2) is 0 Å². The van der Waals surface area contributed by atoms with E-state index in [2.05, 4.69) is 5.32 Å². The van der Waals surface area contributed by atoms with Gasteiger partial charge in [0, 0.05) is 28.3 Å². The lowest BCUT2D eigenvalue weighted by molar-refractivity contribution is -0.116. The largest absolute Gasteiger partial charge is 0.450 e. The number of hydrogen-bond acceptors (Lipinski definition) is 6. The molecule has 1 aromatic heterocycles. The first kappa shape index (κ1) is 24.5. The molecule has 4 rings (SSSR count). The van der Waals surface area contributed by atoms with Gasteiger partial charge in [-0.2, -0.15) is 0 Å². The fourth-order valence-corrected chi connectivity index (χ4v) is 4.47. The lowest BCUT2D eigenvalue weighted by Gasteiger charge is -2.28. The van der Waals surface area contributed by atoms with Crippen LogP contribution in [0.2, 0.25) is 0 Å². The van der Waals surface area contributed by atoms with Crippen molar-refractivity contribution in [1.29, 1.82) is 0 Å². The summed E-state index contributed by atoms with van der Waals surface area (Å²) >= 11 is 1.58. The van der Waals surface area contributed by atoms with E-state index in [1.165, 1.54) is 4.57 Å². The average Bonchev–Trinajstić information content (AvgIpc) is 2.86. The van der Waals surface area contributed by atoms with Crippen molar-refractivity contribution < 1.29 is 14.3 Å². The van der Waals surface area contributed by atoms with Gasteiger partial charge in [-0.05, 0) is 44.7 Å². The first-order valence-corrected chi connectivity index (χ1v) is 12.7. The van der Waals surface area contributed by atoms with E-state index in [-0.39, 0.29) is 31.2 Å². The van der Waals surface area contributed by atoms with E-state index in [9.17, 15) is 14.4 Å². The van der Waals surface area contributed by atoms with Crippen LogP contribution in [-0.4, -0.2) is 45.9 Å². The molecule has 182 valence electrons. The summed E-state index contributed by atoms with van der Waals surface area (Å²) in [6, 6.07) is 15.2. The van der Waals surface area contributed by atoms with Crippen molar-refractivity contribution in [3.8, 4) is 11.4 Å². The maximum atomic E-state index is 13.6. The summed E-state index contributed by atoms with van der Waals surface area (Å²) in [5.41, 5.74) is 3.26. The number of carbonyl (C=O) groups excluding carboxylic acids is 2. The van der Waals surface area contributed by atoms with Crippen molar-refractivity contribution in [3.05, 3.63) is 75.7 Å². The number of aromatic nitrogens is 2. The number of rotatable bonds is 6. The molecule has 1 N–H and O–H groups in total. The first-order chi connectivity index (χ1) is 16.9. The zero-order chi connectivity index (χ0) is 24.9. The summed E-state index contributed by atoms with van der Waals surface area (Å²) in [5, 5.41) is 2.89. The average molecular weight is 493 g/mol. The number of amides is 2. The van der Waals surface area contributed by atoms with Crippen LogP contribution in [-0.2, 0) is 29.0 Å². The van der Waals surface area contributed by atoms with Gasteiger partial charge in [-0.3, -0.25) is 14.2 Å². The van der Waals surface area contributed by atoms with Gasteiger partial charge >= 0.3 is 6.09 Å². The third-order valence-electron chi connectivity index (χ3n) is 5.81. The number of nitrogens with one attached hydrogen (secondary N) is 1. The van der Waals surface area contributed by atoms with E-state index in [1.807, 2.05) is 61.7 Å². The van der Waals surface area contributed by atoms with Crippen LogP contribution in [0.15, 0.2) is 58.2 Å². The Bertz CT molecular complexity index is 1300. The van der Waals surface area contributed by atoms with Gasteiger partial charge in [0.25, 0.3) is 5.56 Å². The lowest BCUT2D eigenvalue weighted by Crippen LogP contribution is -2.42. The number of hydrogen-bond donors (Lipinski definition) is 1. The number of anilines is 1. The van der Waals surface area contributed by atoms with E-state index in [4.69, 9.17) is 9.72 Å². The second-order valence-electron chi connectivity index (χ2n) is 8.27. The van der Waals surface area contributed by atoms with Crippen molar-refractivity contribution in [2.75, 3.05) is 24.7 Å². The van der Waals surface area contributed by atoms with Crippen LogP contribution in [0, 0.1) is 6.92 Å². The third kappa shape index (κ3) is 5.57. The Balaban J connectivity index is 1.70. The van der Waals surface area contributed by atoms with Gasteiger partial charge in [-0.25, -0.2) is 9.78 Å². The monoisotopic (exact) mass is 492 g/mol. The zero-order valence-electron chi connectivity index (χ0n) is 20.0. The Labute approximate surface area is 208 Å². The van der Waals surface area contributed by atoms with E-state index in [1.54, 1.807) is 23.6 Å². The fourth-order valence-electron chi connectivity index (χ4n) is 4.01. The molecule has 2 amide bonds. The SMILES string of the molecule is CCOC(=O)N1CCc2c(nc(-c3ccc(C)cc3)n(CC(=O)Nc3cccc(SC)c3)c2=O)C1. The number of benzene rings is 2. The highest BCUT2D eigenvalue weighted by atomic mass is 32.2. The molecule has 9 heteroatoms. The first-order valence-electron chi connectivity index (χ1n) is 11.4. The van der Waals surface area contributed by atoms with E-state index in [0.717, 1.165) is 16.0 Å². The second-order valence-corrected chi connectivity index (χ2v) is 9.15. The minimum absolute atomic E-state index is 0.173. The highest BCUT2D eigenvalue weighted by Gasteiger charge is 2.27. The molecule has 0 saturated heterocycles. The lowest BCUT2D eigenvalue weighted by atomic mass is 10.1. The normalized spacial score (nSPS) is 12.7. The van der Waals surface area contributed by atoms with Crippen LogP contribution in [0.4, 0.5) is 10.5 Å². The topological polar surface area (TPSA) is 93.5 Å². The predicted octanol–water partition coefficient (Wildman–Crippen LogP) is 4.09.